The van der Waals surface area contributed by atoms with E-state index in [1.54, 1.807) is 5.38 Å². The van der Waals surface area contributed by atoms with Gasteiger partial charge in [-0.25, -0.2) is 9.97 Å². The van der Waals surface area contributed by atoms with Crippen LogP contribution in [0.1, 0.15) is 45.6 Å². The van der Waals surface area contributed by atoms with Gasteiger partial charge in [-0.1, -0.05) is 11.3 Å². The standard InChI is InChI=1S/C13H12N4O3S2/c1-6(18)14-12-16-8(5-21-12)11(20)17-13-15-7-3-2-4-9(19)10(7)22-13/h5H,2-4H2,1H3,(H,14,16,18)(H,15,17,20). The first-order chi connectivity index (χ1) is 10.5. The third-order valence-corrected chi connectivity index (χ3v) is 4.82. The molecular weight excluding hydrogens is 324 g/mol. The van der Waals surface area contributed by atoms with Gasteiger partial charge in [-0.05, 0) is 12.8 Å². The van der Waals surface area contributed by atoms with Crippen LogP contribution in [-0.2, 0) is 11.2 Å². The van der Waals surface area contributed by atoms with Gasteiger partial charge < -0.3 is 5.32 Å². The van der Waals surface area contributed by atoms with Crippen molar-refractivity contribution in [2.75, 3.05) is 10.6 Å². The predicted octanol–water partition coefficient (Wildman–Crippen LogP) is 2.33. The van der Waals surface area contributed by atoms with Crippen LogP contribution in [-0.4, -0.2) is 27.6 Å². The Hall–Kier alpha value is -2.13. The van der Waals surface area contributed by atoms with Crippen molar-refractivity contribution in [1.82, 2.24) is 9.97 Å². The normalized spacial score (nSPS) is 13.6. The molecule has 2 heterocycles. The predicted molar refractivity (Wildman–Crippen MR) is 83.8 cm³/mol. The van der Waals surface area contributed by atoms with Crippen molar-refractivity contribution in [3.63, 3.8) is 0 Å². The lowest BCUT2D eigenvalue weighted by Crippen LogP contribution is -2.13. The van der Waals surface area contributed by atoms with E-state index in [-0.39, 0.29) is 17.4 Å². The molecule has 1 aliphatic rings. The molecule has 0 bridgehead atoms. The number of Topliss-reactive ketones (excluding diaryl/α,β-unsaturated/α-hetero) is 1. The highest BCUT2D eigenvalue weighted by Crippen LogP contribution is 2.30. The maximum absolute atomic E-state index is 12.1. The molecule has 2 N–H and O–H groups in total. The van der Waals surface area contributed by atoms with Crippen molar-refractivity contribution in [2.24, 2.45) is 0 Å². The van der Waals surface area contributed by atoms with Crippen molar-refractivity contribution in [3.8, 4) is 0 Å². The summed E-state index contributed by atoms with van der Waals surface area (Å²) < 4.78 is 0. The highest BCUT2D eigenvalue weighted by Gasteiger charge is 2.23. The molecule has 0 spiro atoms. The monoisotopic (exact) mass is 336 g/mol. The fraction of sp³-hybridized carbons (Fsp3) is 0.308. The molecule has 0 radical (unpaired) electrons. The summed E-state index contributed by atoms with van der Waals surface area (Å²) in [6, 6.07) is 0. The molecule has 2 amide bonds. The maximum atomic E-state index is 12.1. The molecule has 114 valence electrons. The lowest BCUT2D eigenvalue weighted by atomic mass is 10.0. The highest BCUT2D eigenvalue weighted by molar-refractivity contribution is 7.18. The summed E-state index contributed by atoms with van der Waals surface area (Å²) in [5, 5.41) is 7.49. The van der Waals surface area contributed by atoms with Crippen LogP contribution in [0.4, 0.5) is 10.3 Å². The number of ketones is 1. The number of amides is 2. The second kappa shape index (κ2) is 5.93. The maximum Gasteiger partial charge on any atom is 0.276 e. The molecule has 0 aliphatic heterocycles. The first-order valence-corrected chi connectivity index (χ1v) is 8.30. The van der Waals surface area contributed by atoms with Crippen LogP contribution < -0.4 is 10.6 Å². The molecule has 0 atom stereocenters. The number of aryl methyl sites for hydroxylation is 1. The van der Waals surface area contributed by atoms with E-state index in [4.69, 9.17) is 0 Å². The zero-order chi connectivity index (χ0) is 15.7. The number of carbonyl (C=O) groups excluding carboxylic acids is 3. The Labute approximate surface area is 133 Å². The van der Waals surface area contributed by atoms with E-state index < -0.39 is 5.91 Å². The number of hydrogen-bond acceptors (Lipinski definition) is 7. The Morgan fingerprint density at radius 1 is 1.18 bits per heavy atom. The first-order valence-electron chi connectivity index (χ1n) is 6.60. The highest BCUT2D eigenvalue weighted by atomic mass is 32.1. The third kappa shape index (κ3) is 3.04. The van der Waals surface area contributed by atoms with Crippen LogP contribution in [0.5, 0.6) is 0 Å². The Kier molecular flexibility index (Phi) is 3.99. The van der Waals surface area contributed by atoms with Gasteiger partial charge in [0.2, 0.25) is 5.91 Å². The second-order valence-electron chi connectivity index (χ2n) is 4.74. The molecule has 0 aromatic carbocycles. The topological polar surface area (TPSA) is 101 Å². The van der Waals surface area contributed by atoms with Crippen LogP contribution in [0.15, 0.2) is 5.38 Å². The van der Waals surface area contributed by atoms with Crippen molar-refractivity contribution < 1.29 is 14.4 Å². The van der Waals surface area contributed by atoms with E-state index in [1.165, 1.54) is 29.6 Å². The number of carbonyl (C=O) groups is 3. The minimum absolute atomic E-state index is 0.0841. The molecule has 22 heavy (non-hydrogen) atoms. The van der Waals surface area contributed by atoms with Gasteiger partial charge >= 0.3 is 0 Å². The molecule has 1 aliphatic carbocycles. The zero-order valence-corrected chi connectivity index (χ0v) is 13.3. The Morgan fingerprint density at radius 3 is 2.73 bits per heavy atom. The van der Waals surface area contributed by atoms with Crippen LogP contribution in [0.3, 0.4) is 0 Å². The third-order valence-electron chi connectivity index (χ3n) is 3.01. The van der Waals surface area contributed by atoms with E-state index in [1.807, 2.05) is 0 Å². The van der Waals surface area contributed by atoms with Crippen molar-refractivity contribution in [2.45, 2.75) is 26.2 Å². The van der Waals surface area contributed by atoms with E-state index in [9.17, 15) is 14.4 Å². The fourth-order valence-electron chi connectivity index (χ4n) is 2.07. The van der Waals surface area contributed by atoms with Crippen LogP contribution in [0.2, 0.25) is 0 Å². The summed E-state index contributed by atoms with van der Waals surface area (Å²) in [5.74, 6) is -0.570. The van der Waals surface area contributed by atoms with Gasteiger partial charge in [0.05, 0.1) is 10.6 Å². The number of thiazole rings is 2. The fourth-order valence-corrected chi connectivity index (χ4v) is 3.78. The lowest BCUT2D eigenvalue weighted by molar-refractivity contribution is -0.114. The largest absolute Gasteiger partial charge is 0.302 e. The molecule has 9 heteroatoms. The molecular formula is C13H12N4O3S2. The molecule has 0 fully saturated rings. The number of anilines is 2. The summed E-state index contributed by atoms with van der Waals surface area (Å²) in [6.45, 7) is 1.37. The first kappa shape index (κ1) is 14.8. The zero-order valence-electron chi connectivity index (χ0n) is 11.6. The molecule has 0 saturated carbocycles. The number of aromatic nitrogens is 2. The van der Waals surface area contributed by atoms with Gasteiger partial charge in [-0.2, -0.15) is 0 Å². The average Bonchev–Trinajstić information content (AvgIpc) is 3.05. The number of fused-ring (bicyclic) bond motifs is 1. The minimum atomic E-state index is -0.411. The molecule has 2 aromatic rings. The number of rotatable bonds is 3. The molecule has 3 rings (SSSR count). The van der Waals surface area contributed by atoms with Crippen LogP contribution in [0.25, 0.3) is 0 Å². The Balaban J connectivity index is 1.73. The van der Waals surface area contributed by atoms with Gasteiger partial charge in [0.25, 0.3) is 5.91 Å². The van der Waals surface area contributed by atoms with Crippen LogP contribution >= 0.6 is 22.7 Å². The molecule has 7 nitrogen and oxygen atoms in total. The summed E-state index contributed by atoms with van der Waals surface area (Å²) in [5.41, 5.74) is 0.960. The van der Waals surface area contributed by atoms with Gasteiger partial charge in [-0.3, -0.25) is 19.7 Å². The smallest absolute Gasteiger partial charge is 0.276 e. The van der Waals surface area contributed by atoms with Crippen molar-refractivity contribution in [3.05, 3.63) is 21.6 Å². The lowest BCUT2D eigenvalue weighted by Gasteiger charge is -2.05. The van der Waals surface area contributed by atoms with E-state index >= 15 is 0 Å². The summed E-state index contributed by atoms with van der Waals surface area (Å²) >= 11 is 2.37. The average molecular weight is 336 g/mol. The van der Waals surface area contributed by atoms with Crippen molar-refractivity contribution in [1.29, 1.82) is 0 Å². The van der Waals surface area contributed by atoms with Crippen LogP contribution in [0, 0.1) is 0 Å². The number of hydrogen-bond donors (Lipinski definition) is 2. The minimum Gasteiger partial charge on any atom is -0.302 e. The van der Waals surface area contributed by atoms with E-state index in [0.29, 0.717) is 21.6 Å². The second-order valence-corrected chi connectivity index (χ2v) is 6.60. The summed E-state index contributed by atoms with van der Waals surface area (Å²) in [4.78, 5) is 43.8. The Bertz CT molecular complexity index is 765. The number of nitrogens with zero attached hydrogens (tertiary/aromatic N) is 2. The SMILES string of the molecule is CC(=O)Nc1nc(C(=O)Nc2nc3c(s2)C(=O)CCC3)cs1. The summed E-state index contributed by atoms with van der Waals surface area (Å²) in [6.07, 6.45) is 2.10. The van der Waals surface area contributed by atoms with E-state index in [0.717, 1.165) is 18.5 Å². The van der Waals surface area contributed by atoms with Gasteiger partial charge in [0.15, 0.2) is 16.0 Å². The van der Waals surface area contributed by atoms with E-state index in [2.05, 4.69) is 20.6 Å². The van der Waals surface area contributed by atoms with Gasteiger partial charge in [0.1, 0.15) is 5.69 Å². The van der Waals surface area contributed by atoms with Crippen molar-refractivity contribution >= 4 is 50.5 Å². The Morgan fingerprint density at radius 2 is 2.00 bits per heavy atom. The number of nitrogens with one attached hydrogen (secondary N) is 2. The summed E-state index contributed by atoms with van der Waals surface area (Å²) in [7, 11) is 0. The quantitative estimate of drug-likeness (QED) is 0.896. The molecule has 0 saturated heterocycles. The van der Waals surface area contributed by atoms with Gasteiger partial charge in [0, 0.05) is 18.7 Å². The molecule has 0 unspecified atom stereocenters. The molecule has 2 aromatic heterocycles. The van der Waals surface area contributed by atoms with Gasteiger partial charge in [-0.15, -0.1) is 11.3 Å².